The van der Waals surface area contributed by atoms with E-state index in [0.717, 1.165) is 12.5 Å². The lowest BCUT2D eigenvalue weighted by Gasteiger charge is -2.07. The van der Waals surface area contributed by atoms with Gasteiger partial charge in [-0.05, 0) is 6.04 Å². The van der Waals surface area contributed by atoms with Gasteiger partial charge in [-0.3, -0.25) is 0 Å². The molecule has 0 aliphatic heterocycles. The van der Waals surface area contributed by atoms with Crippen molar-refractivity contribution in [3.8, 4) is 0 Å². The SMILES string of the molecule is CCCCCCCCCCCCCCCCCC[Si]CCCCCCCCCCCCCCCCCC[Si](Cl)(Cl)Cl. The lowest BCUT2D eigenvalue weighted by molar-refractivity contribution is 0.531. The maximum Gasteiger partial charge on any atom is 0.341 e. The zero-order valence-corrected chi connectivity index (χ0v) is 32.2. The van der Waals surface area contributed by atoms with Crippen LogP contribution in [0.25, 0.3) is 0 Å². The molecule has 0 fully saturated rings. The Morgan fingerprint density at radius 2 is 0.537 bits per heavy atom. The van der Waals surface area contributed by atoms with E-state index in [1.165, 1.54) is 221 Å². The summed E-state index contributed by atoms with van der Waals surface area (Å²) in [6.07, 6.45) is 46.1. The molecule has 0 aromatic heterocycles. The van der Waals surface area contributed by atoms with Crippen LogP contribution < -0.4 is 0 Å². The van der Waals surface area contributed by atoms with Crippen molar-refractivity contribution in [2.75, 3.05) is 0 Å². The van der Waals surface area contributed by atoms with Crippen LogP contribution in [0.2, 0.25) is 18.1 Å². The second kappa shape index (κ2) is 35.8. The van der Waals surface area contributed by atoms with Crippen LogP contribution in [0.3, 0.4) is 0 Å². The predicted octanol–water partition coefficient (Wildman–Crippen LogP) is 15.7. The first-order valence-electron chi connectivity index (χ1n) is 18.8. The van der Waals surface area contributed by atoms with Gasteiger partial charge in [0.05, 0.1) is 0 Å². The smallest absolute Gasteiger partial charge is 0.126 e. The summed E-state index contributed by atoms with van der Waals surface area (Å²) >= 11 is 17.8. The monoisotopic (exact) mass is 666 g/mol. The molecule has 0 heterocycles. The Morgan fingerprint density at radius 3 is 0.780 bits per heavy atom. The van der Waals surface area contributed by atoms with Gasteiger partial charge in [0.1, 0.15) is 0 Å². The van der Waals surface area contributed by atoms with Gasteiger partial charge >= 0.3 is 6.00 Å². The summed E-state index contributed by atoms with van der Waals surface area (Å²) in [5.41, 5.74) is 0. The van der Waals surface area contributed by atoms with E-state index in [9.17, 15) is 0 Å². The minimum Gasteiger partial charge on any atom is -0.126 e. The first-order valence-corrected chi connectivity index (χ1v) is 25.5. The van der Waals surface area contributed by atoms with Crippen LogP contribution in [0.1, 0.15) is 212 Å². The third-order valence-corrected chi connectivity index (χ3v) is 12.8. The van der Waals surface area contributed by atoms with E-state index < -0.39 is 6.00 Å². The Labute approximate surface area is 277 Å². The topological polar surface area (TPSA) is 0 Å². The van der Waals surface area contributed by atoms with E-state index in [2.05, 4.69) is 6.92 Å². The molecule has 0 rings (SSSR count). The summed E-state index contributed by atoms with van der Waals surface area (Å²) in [7, 11) is 1.24. The molecule has 246 valence electrons. The van der Waals surface area contributed by atoms with Crippen LogP contribution in [0.4, 0.5) is 0 Å². The van der Waals surface area contributed by atoms with Crippen molar-refractivity contribution in [3.63, 3.8) is 0 Å². The molecular formula is C36H73Cl3Si2. The Kier molecular flexibility index (Phi) is 36.9. The number of rotatable bonds is 36. The maximum atomic E-state index is 5.93. The minimum atomic E-state index is -2.37. The maximum absolute atomic E-state index is 5.93. The molecule has 2 radical (unpaired) electrons. The molecule has 0 spiro atoms. The lowest BCUT2D eigenvalue weighted by Crippen LogP contribution is -2.07. The second-order valence-electron chi connectivity index (χ2n) is 13.1. The average molecular weight is 669 g/mol. The summed E-state index contributed by atoms with van der Waals surface area (Å²) in [6, 6.07) is 1.49. The molecule has 0 aliphatic rings. The molecule has 41 heavy (non-hydrogen) atoms. The Morgan fingerprint density at radius 1 is 0.317 bits per heavy atom. The van der Waals surface area contributed by atoms with Crippen molar-refractivity contribution in [2.45, 2.75) is 231 Å². The number of unbranched alkanes of at least 4 members (excludes halogenated alkanes) is 30. The van der Waals surface area contributed by atoms with Gasteiger partial charge in [0.25, 0.3) is 0 Å². The molecule has 0 saturated heterocycles. The van der Waals surface area contributed by atoms with E-state index in [0.29, 0.717) is 0 Å². The summed E-state index contributed by atoms with van der Waals surface area (Å²) < 4.78 is 0. The quantitative estimate of drug-likeness (QED) is 0.0354. The lowest BCUT2D eigenvalue weighted by atomic mass is 10.0. The third-order valence-electron chi connectivity index (χ3n) is 8.77. The second-order valence-corrected chi connectivity index (χ2v) is 23.9. The van der Waals surface area contributed by atoms with Crippen molar-refractivity contribution < 1.29 is 0 Å². The third kappa shape index (κ3) is 41.3. The van der Waals surface area contributed by atoms with E-state index >= 15 is 0 Å². The highest BCUT2D eigenvalue weighted by molar-refractivity contribution is 7.64. The Balaban J connectivity index is 3.04. The average Bonchev–Trinajstić information content (AvgIpc) is 2.94. The molecule has 0 atom stereocenters. The van der Waals surface area contributed by atoms with E-state index in [4.69, 9.17) is 33.2 Å². The summed E-state index contributed by atoms with van der Waals surface area (Å²) in [6.45, 7) is 2.31. The van der Waals surface area contributed by atoms with Crippen molar-refractivity contribution in [1.29, 1.82) is 0 Å². The van der Waals surface area contributed by atoms with Gasteiger partial charge in [-0.1, -0.05) is 224 Å². The van der Waals surface area contributed by atoms with Crippen LogP contribution in [-0.4, -0.2) is 15.5 Å². The summed E-state index contributed by atoms with van der Waals surface area (Å²) in [5.74, 6) is 0. The molecule has 0 aliphatic carbocycles. The van der Waals surface area contributed by atoms with Crippen LogP contribution >= 0.6 is 33.2 Å². The van der Waals surface area contributed by atoms with Gasteiger partial charge in [-0.2, -0.15) is 0 Å². The minimum absolute atomic E-state index is 0.831. The molecule has 5 heteroatoms. The molecule has 0 aromatic carbocycles. The van der Waals surface area contributed by atoms with Gasteiger partial charge < -0.3 is 0 Å². The fourth-order valence-electron chi connectivity index (χ4n) is 5.97. The molecular weight excluding hydrogens is 595 g/mol. The van der Waals surface area contributed by atoms with Gasteiger partial charge in [0.2, 0.25) is 0 Å². The highest BCUT2D eigenvalue weighted by Gasteiger charge is 2.23. The van der Waals surface area contributed by atoms with Crippen LogP contribution in [-0.2, 0) is 0 Å². The van der Waals surface area contributed by atoms with Crippen molar-refractivity contribution in [2.24, 2.45) is 0 Å². The molecule has 0 aromatic rings. The fourth-order valence-corrected chi connectivity index (χ4v) is 9.08. The van der Waals surface area contributed by atoms with Gasteiger partial charge in [0.15, 0.2) is 0 Å². The standard InChI is InChI=1S/C36H73Cl3Si2/c1-2-3-4-5-6-7-8-9-10-13-16-19-22-25-28-31-34-40-35-32-29-26-23-20-17-14-11-12-15-18-21-24-27-30-33-36-41(37,38)39/h2-36H2,1H3. The summed E-state index contributed by atoms with van der Waals surface area (Å²) in [4.78, 5) is 0. The van der Waals surface area contributed by atoms with Crippen molar-refractivity contribution in [3.05, 3.63) is 0 Å². The van der Waals surface area contributed by atoms with Crippen LogP contribution in [0.15, 0.2) is 0 Å². The van der Waals surface area contributed by atoms with Crippen LogP contribution in [0.5, 0.6) is 0 Å². The normalized spacial score (nSPS) is 12.0. The molecule has 0 N–H and O–H groups in total. The Hall–Kier alpha value is 1.30. The molecule has 0 unspecified atom stereocenters. The Bertz CT molecular complexity index is 470. The number of hydrogen-bond acceptors (Lipinski definition) is 0. The summed E-state index contributed by atoms with van der Waals surface area (Å²) in [5, 5.41) is 0. The molecule has 0 amide bonds. The highest BCUT2D eigenvalue weighted by atomic mass is 35.8. The highest BCUT2D eigenvalue weighted by Crippen LogP contribution is 2.27. The van der Waals surface area contributed by atoms with Gasteiger partial charge in [0, 0.05) is 9.52 Å². The molecule has 0 saturated carbocycles. The fraction of sp³-hybridized carbons (Fsp3) is 1.00. The number of hydrogen-bond donors (Lipinski definition) is 0. The molecule has 0 nitrogen and oxygen atoms in total. The largest absolute Gasteiger partial charge is 0.341 e. The van der Waals surface area contributed by atoms with E-state index in [1.54, 1.807) is 0 Å². The van der Waals surface area contributed by atoms with E-state index in [1.807, 2.05) is 0 Å². The van der Waals surface area contributed by atoms with Gasteiger partial charge in [-0.25, -0.2) is 0 Å². The predicted molar refractivity (Wildman–Crippen MR) is 197 cm³/mol. The van der Waals surface area contributed by atoms with Crippen molar-refractivity contribution in [1.82, 2.24) is 0 Å². The zero-order chi connectivity index (χ0) is 30.0. The van der Waals surface area contributed by atoms with Crippen LogP contribution in [0, 0.1) is 0 Å². The molecule has 0 bridgehead atoms. The first-order chi connectivity index (χ1) is 20.1. The van der Waals surface area contributed by atoms with Gasteiger partial charge in [-0.15, -0.1) is 33.2 Å². The first kappa shape index (κ1) is 42.3. The number of halogens is 3. The zero-order valence-electron chi connectivity index (χ0n) is 27.9. The van der Waals surface area contributed by atoms with Crippen molar-refractivity contribution >= 4 is 48.8 Å². The van der Waals surface area contributed by atoms with E-state index in [-0.39, 0.29) is 0 Å².